The summed E-state index contributed by atoms with van der Waals surface area (Å²) in [4.78, 5) is 44.7. The van der Waals surface area contributed by atoms with E-state index in [4.69, 9.17) is 27.3 Å². The maximum Gasteiger partial charge on any atom is 0.328 e. The Hall–Kier alpha value is -3.63. The van der Waals surface area contributed by atoms with Crippen molar-refractivity contribution in [2.45, 2.75) is 102 Å². The van der Waals surface area contributed by atoms with E-state index in [2.05, 4.69) is 15.6 Å². The Morgan fingerprint density at radius 1 is 0.907 bits per heavy atom. The van der Waals surface area contributed by atoms with E-state index >= 15 is 0 Å². The van der Waals surface area contributed by atoms with Gasteiger partial charge in [-0.15, -0.1) is 0 Å². The van der Waals surface area contributed by atoms with Crippen molar-refractivity contribution in [3.8, 4) is 0 Å². The van der Waals surface area contributed by atoms with Crippen LogP contribution < -0.4 is 27.8 Å². The molecule has 9 N–H and O–H groups in total. The molecule has 11 nitrogen and oxygen atoms in total. The van der Waals surface area contributed by atoms with Gasteiger partial charge in [0.15, 0.2) is 5.96 Å². The predicted molar refractivity (Wildman–Crippen MR) is 168 cm³/mol. The van der Waals surface area contributed by atoms with Crippen LogP contribution >= 0.6 is 0 Å². The van der Waals surface area contributed by atoms with Gasteiger partial charge in [0.25, 0.3) is 0 Å². The van der Waals surface area contributed by atoms with Crippen LogP contribution in [0.2, 0.25) is 0 Å². The first-order valence-electron chi connectivity index (χ1n) is 16.0. The molecular weight excluding hydrogens is 546 g/mol. The monoisotopic (exact) mass is 597 g/mol. The first-order valence-corrected chi connectivity index (χ1v) is 16.0. The third kappa shape index (κ3) is 10.9. The second-order valence-electron chi connectivity index (χ2n) is 12.0. The molecular formula is C32H51N7O4. The average Bonchev–Trinajstić information content (AvgIpc) is 3.01. The number of guanidine groups is 1. The molecule has 43 heavy (non-hydrogen) atoms. The van der Waals surface area contributed by atoms with Gasteiger partial charge in [0, 0.05) is 18.0 Å². The number of amidine groups is 1. The number of amides is 2. The molecule has 0 aromatic heterocycles. The molecule has 3 atom stereocenters. The lowest BCUT2D eigenvalue weighted by molar-refractivity contribution is -0.148. The Morgan fingerprint density at radius 3 is 2.07 bits per heavy atom. The highest BCUT2D eigenvalue weighted by Gasteiger charge is 2.37. The second-order valence-corrected chi connectivity index (χ2v) is 12.0. The number of rotatable bonds is 15. The molecule has 11 heteroatoms. The maximum atomic E-state index is 14.1. The van der Waals surface area contributed by atoms with Gasteiger partial charge in [0.1, 0.15) is 17.9 Å². The van der Waals surface area contributed by atoms with E-state index in [0.29, 0.717) is 31.4 Å². The van der Waals surface area contributed by atoms with Crippen molar-refractivity contribution in [3.63, 3.8) is 0 Å². The number of carbonyl (C=O) groups excluding carboxylic acids is 3. The third-order valence-corrected chi connectivity index (χ3v) is 8.81. The molecule has 2 aliphatic rings. The Kier molecular flexibility index (Phi) is 13.8. The van der Waals surface area contributed by atoms with Crippen molar-refractivity contribution < 1.29 is 19.1 Å². The fourth-order valence-corrected chi connectivity index (χ4v) is 6.47. The van der Waals surface area contributed by atoms with Crippen LogP contribution in [0.4, 0.5) is 0 Å². The molecule has 2 aliphatic carbocycles. The molecule has 0 aliphatic heterocycles. The molecule has 1 aromatic carbocycles. The number of ether oxygens (including phenoxy) is 1. The van der Waals surface area contributed by atoms with Gasteiger partial charge < -0.3 is 32.6 Å². The number of esters is 1. The van der Waals surface area contributed by atoms with Crippen LogP contribution in [0.5, 0.6) is 0 Å². The largest absolute Gasteiger partial charge is 0.464 e. The highest BCUT2D eigenvalue weighted by molar-refractivity contribution is 5.95. The highest BCUT2D eigenvalue weighted by atomic mass is 16.5. The van der Waals surface area contributed by atoms with E-state index < -0.39 is 18.1 Å². The van der Waals surface area contributed by atoms with Crippen LogP contribution in [0.3, 0.4) is 0 Å². The summed E-state index contributed by atoms with van der Waals surface area (Å²) in [6.07, 6.45) is 11.4. The van der Waals surface area contributed by atoms with Crippen molar-refractivity contribution >= 4 is 29.6 Å². The molecule has 0 unspecified atom stereocenters. The molecule has 0 bridgehead atoms. The number of hydrogen-bond donors (Lipinski definition) is 6. The van der Waals surface area contributed by atoms with Crippen LogP contribution in [0.25, 0.3) is 0 Å². The molecule has 0 heterocycles. The summed E-state index contributed by atoms with van der Waals surface area (Å²) in [6.45, 7) is 2.24. The zero-order chi connectivity index (χ0) is 31.2. The first-order chi connectivity index (χ1) is 20.7. The van der Waals surface area contributed by atoms with Gasteiger partial charge in [0.2, 0.25) is 11.8 Å². The third-order valence-electron chi connectivity index (χ3n) is 8.81. The molecule has 2 amide bonds. The molecule has 0 radical (unpaired) electrons. The van der Waals surface area contributed by atoms with E-state index in [1.165, 1.54) is 6.42 Å². The minimum atomic E-state index is -0.862. The van der Waals surface area contributed by atoms with Crippen molar-refractivity contribution in [3.05, 3.63) is 35.4 Å². The molecule has 238 valence electrons. The van der Waals surface area contributed by atoms with Crippen molar-refractivity contribution in [2.24, 2.45) is 39.9 Å². The van der Waals surface area contributed by atoms with E-state index in [1.54, 1.807) is 6.92 Å². The van der Waals surface area contributed by atoms with Gasteiger partial charge in [-0.25, -0.2) is 4.79 Å². The number of hydrogen-bond acceptors (Lipinski definition) is 6. The Balaban J connectivity index is 1.80. The molecule has 2 fully saturated rings. The van der Waals surface area contributed by atoms with E-state index in [1.807, 2.05) is 24.3 Å². The Bertz CT molecular complexity index is 1090. The summed E-state index contributed by atoms with van der Waals surface area (Å²) in [5, 5.41) is 13.8. The quantitative estimate of drug-likeness (QED) is 0.0772. The summed E-state index contributed by atoms with van der Waals surface area (Å²) < 4.78 is 5.25. The van der Waals surface area contributed by atoms with Crippen LogP contribution in [-0.2, 0) is 25.5 Å². The second kappa shape index (κ2) is 17.5. The van der Waals surface area contributed by atoms with Crippen molar-refractivity contribution in [2.75, 3.05) is 13.2 Å². The average molecular weight is 598 g/mol. The first kappa shape index (κ1) is 33.9. The van der Waals surface area contributed by atoms with Crippen molar-refractivity contribution in [1.82, 2.24) is 10.6 Å². The lowest BCUT2D eigenvalue weighted by Gasteiger charge is -2.34. The number of aliphatic imine (C=N–C) groups is 1. The van der Waals surface area contributed by atoms with Gasteiger partial charge in [-0.1, -0.05) is 62.8 Å². The van der Waals surface area contributed by atoms with E-state index in [-0.39, 0.29) is 48.0 Å². The molecule has 0 spiro atoms. The number of nitrogens with two attached hydrogens (primary N) is 3. The zero-order valence-corrected chi connectivity index (χ0v) is 25.6. The molecule has 3 rings (SSSR count). The smallest absolute Gasteiger partial charge is 0.328 e. The maximum absolute atomic E-state index is 14.1. The zero-order valence-electron chi connectivity index (χ0n) is 25.6. The topological polar surface area (TPSA) is 199 Å². The molecule has 0 saturated heterocycles. The summed E-state index contributed by atoms with van der Waals surface area (Å²) in [7, 11) is 0. The van der Waals surface area contributed by atoms with Crippen LogP contribution in [0.15, 0.2) is 29.3 Å². The standard InChI is InChI=1S/C32H51N7O4/c1-2-43-31(42)26(14-9-19-37-32(35)36)38-30(41)27(23-12-7-4-8-13-23)39-29(40)25(22-10-5-3-6-11-22)20-21-15-17-24(18-16-21)28(33)34/h15-18,22-23,25-27H,2-14,19-20H2,1H3,(H3,33,34)(H,38,41)(H,39,40)(H4,35,36,37)/t25-,26-,27-/m0/s1. The predicted octanol–water partition coefficient (Wildman–Crippen LogP) is 2.88. The number of nitrogens with zero attached hydrogens (tertiary/aromatic N) is 1. The summed E-state index contributed by atoms with van der Waals surface area (Å²) in [5.41, 5.74) is 18.1. The van der Waals surface area contributed by atoms with Gasteiger partial charge in [0.05, 0.1) is 6.61 Å². The minimum Gasteiger partial charge on any atom is -0.464 e. The summed E-state index contributed by atoms with van der Waals surface area (Å²) >= 11 is 0. The van der Waals surface area contributed by atoms with Crippen LogP contribution in [-0.4, -0.2) is 54.8 Å². The fraction of sp³-hybridized carbons (Fsp3) is 0.656. The lowest BCUT2D eigenvalue weighted by Crippen LogP contribution is -2.56. The number of nitrogens with one attached hydrogen (secondary N) is 3. The van der Waals surface area contributed by atoms with Gasteiger partial charge in [-0.2, -0.15) is 0 Å². The number of nitrogen functional groups attached to an aromatic ring is 1. The summed E-state index contributed by atoms with van der Waals surface area (Å²) in [5.74, 6) is -1.08. The normalized spacial score (nSPS) is 18.1. The molecule has 2 saturated carbocycles. The Morgan fingerprint density at radius 2 is 1.51 bits per heavy atom. The van der Waals surface area contributed by atoms with Gasteiger partial charge in [-0.3, -0.25) is 20.0 Å². The minimum absolute atomic E-state index is 0.00632. The summed E-state index contributed by atoms with van der Waals surface area (Å²) in [6, 6.07) is 5.88. The van der Waals surface area contributed by atoms with E-state index in [0.717, 1.165) is 63.4 Å². The van der Waals surface area contributed by atoms with Gasteiger partial charge in [-0.05, 0) is 69.3 Å². The highest BCUT2D eigenvalue weighted by Crippen LogP contribution is 2.33. The van der Waals surface area contributed by atoms with E-state index in [9.17, 15) is 14.4 Å². The van der Waals surface area contributed by atoms with Crippen molar-refractivity contribution in [1.29, 1.82) is 5.41 Å². The van der Waals surface area contributed by atoms with Gasteiger partial charge >= 0.3 is 5.97 Å². The lowest BCUT2D eigenvalue weighted by atomic mass is 9.76. The van der Waals surface area contributed by atoms with Crippen LogP contribution in [0.1, 0.15) is 95.1 Å². The van der Waals surface area contributed by atoms with Crippen LogP contribution in [0, 0.1) is 23.2 Å². The fourth-order valence-electron chi connectivity index (χ4n) is 6.47. The SMILES string of the molecule is CCOC(=O)[C@H](CCCN=C(N)N)NC(=O)[C@@H](NC(=O)[C@@H](Cc1ccc(C(=N)N)cc1)C1CCCCC1)C1CCCCC1. The number of carbonyl (C=O) groups is 3. The Labute approximate surface area is 255 Å². The molecule has 1 aromatic rings. The number of benzene rings is 1.